The average molecular weight is 367 g/mol. The number of aromatic nitrogens is 2. The van der Waals surface area contributed by atoms with E-state index in [1.54, 1.807) is 23.2 Å². The first-order valence-corrected chi connectivity index (χ1v) is 9.31. The lowest BCUT2D eigenvalue weighted by Gasteiger charge is -2.13. The van der Waals surface area contributed by atoms with Gasteiger partial charge in [-0.15, -0.1) is 0 Å². The van der Waals surface area contributed by atoms with Gasteiger partial charge in [0.2, 0.25) is 0 Å². The molecule has 1 unspecified atom stereocenters. The normalized spacial score (nSPS) is 15.2. The molecule has 6 nitrogen and oxygen atoms in total. The summed E-state index contributed by atoms with van der Waals surface area (Å²) in [5, 5.41) is 14.0. The number of benzene rings is 2. The van der Waals surface area contributed by atoms with Crippen LogP contribution in [-0.2, 0) is 20.6 Å². The van der Waals surface area contributed by atoms with Crippen molar-refractivity contribution in [2.45, 2.75) is 31.5 Å². The maximum Gasteiger partial charge on any atom is 0.328 e. The molecule has 0 saturated heterocycles. The summed E-state index contributed by atoms with van der Waals surface area (Å²) in [5.74, 6) is 0.734. The van der Waals surface area contributed by atoms with Crippen molar-refractivity contribution in [2.75, 3.05) is 6.61 Å². The van der Waals surface area contributed by atoms with Gasteiger partial charge in [0, 0.05) is 26.7 Å². The summed E-state index contributed by atoms with van der Waals surface area (Å²) in [6.45, 7) is 1.04. The number of rotatable bonds is 7. The highest BCUT2D eigenvalue weighted by Gasteiger charge is 2.19. The standard InChI is InChI=1S/C21H25N3O3/c1-23-18-10-5-15(11-19(18)24(2)21(23)26)20(25)13-27-17-8-3-14(4-9-17)12-22-16-6-7-16/h3-5,8-11,16,20,22,25H,6-7,12-13H2,1-2H3. The molecule has 0 aliphatic heterocycles. The van der Waals surface area contributed by atoms with Gasteiger partial charge >= 0.3 is 5.69 Å². The second-order valence-electron chi connectivity index (χ2n) is 7.27. The molecule has 0 amide bonds. The Morgan fingerprint density at radius 2 is 1.81 bits per heavy atom. The quantitative estimate of drug-likeness (QED) is 0.672. The Labute approximate surface area is 158 Å². The zero-order valence-electron chi connectivity index (χ0n) is 15.7. The average Bonchev–Trinajstić information content (AvgIpc) is 3.50. The van der Waals surface area contributed by atoms with Crippen molar-refractivity contribution < 1.29 is 9.84 Å². The zero-order valence-corrected chi connectivity index (χ0v) is 15.7. The van der Waals surface area contributed by atoms with Gasteiger partial charge in [-0.25, -0.2) is 4.79 Å². The van der Waals surface area contributed by atoms with Crippen LogP contribution in [0.3, 0.4) is 0 Å². The monoisotopic (exact) mass is 367 g/mol. The first-order valence-electron chi connectivity index (χ1n) is 9.31. The van der Waals surface area contributed by atoms with Crippen LogP contribution in [-0.4, -0.2) is 26.9 Å². The number of ether oxygens (including phenoxy) is 1. The molecule has 1 saturated carbocycles. The Kier molecular flexibility index (Phi) is 4.76. The number of aryl methyl sites for hydroxylation is 2. The van der Waals surface area contributed by atoms with Crippen molar-refractivity contribution >= 4 is 11.0 Å². The predicted molar refractivity (Wildman–Crippen MR) is 105 cm³/mol. The molecule has 1 aliphatic rings. The van der Waals surface area contributed by atoms with Crippen molar-refractivity contribution in [1.82, 2.24) is 14.5 Å². The Morgan fingerprint density at radius 1 is 1.11 bits per heavy atom. The molecule has 2 aromatic carbocycles. The highest BCUT2D eigenvalue weighted by atomic mass is 16.5. The Hall–Kier alpha value is -2.57. The lowest BCUT2D eigenvalue weighted by Crippen LogP contribution is -2.19. The first kappa shape index (κ1) is 17.8. The Bertz CT molecular complexity index is 1000. The van der Waals surface area contributed by atoms with Crippen molar-refractivity contribution in [2.24, 2.45) is 14.1 Å². The van der Waals surface area contributed by atoms with Crippen LogP contribution in [0.5, 0.6) is 5.75 Å². The number of hydrogen-bond acceptors (Lipinski definition) is 4. The molecular weight excluding hydrogens is 342 g/mol. The molecule has 0 radical (unpaired) electrons. The lowest BCUT2D eigenvalue weighted by atomic mass is 10.1. The van der Waals surface area contributed by atoms with E-state index < -0.39 is 6.10 Å². The second-order valence-corrected chi connectivity index (χ2v) is 7.27. The fourth-order valence-corrected chi connectivity index (χ4v) is 3.26. The summed E-state index contributed by atoms with van der Waals surface area (Å²) in [5.41, 5.74) is 3.52. The largest absolute Gasteiger partial charge is 0.491 e. The van der Waals surface area contributed by atoms with Gasteiger partial charge in [-0.1, -0.05) is 18.2 Å². The number of aliphatic hydroxyl groups excluding tert-OH is 1. The van der Waals surface area contributed by atoms with E-state index in [4.69, 9.17) is 4.74 Å². The number of hydrogen-bond donors (Lipinski definition) is 2. The molecule has 1 aromatic heterocycles. The first-order chi connectivity index (χ1) is 13.0. The minimum absolute atomic E-state index is 0.0795. The SMILES string of the molecule is Cn1c(=O)n(C)c2cc(C(O)COc3ccc(CNC4CC4)cc3)ccc21. The van der Waals surface area contributed by atoms with Gasteiger partial charge in [-0.2, -0.15) is 0 Å². The maximum absolute atomic E-state index is 12.0. The van der Waals surface area contributed by atoms with Gasteiger partial charge < -0.3 is 15.2 Å². The number of nitrogens with one attached hydrogen (secondary N) is 1. The van der Waals surface area contributed by atoms with Gasteiger partial charge in [0.1, 0.15) is 18.5 Å². The number of aliphatic hydroxyl groups is 1. The van der Waals surface area contributed by atoms with Gasteiger partial charge in [0.15, 0.2) is 0 Å². The number of imidazole rings is 1. The zero-order chi connectivity index (χ0) is 19.0. The third kappa shape index (κ3) is 3.77. The smallest absolute Gasteiger partial charge is 0.328 e. The fraction of sp³-hybridized carbons (Fsp3) is 0.381. The molecule has 2 N–H and O–H groups in total. The van der Waals surface area contributed by atoms with Gasteiger partial charge in [-0.05, 0) is 48.2 Å². The predicted octanol–water partition coefficient (Wildman–Crippen LogP) is 2.24. The molecule has 1 atom stereocenters. The second kappa shape index (κ2) is 7.21. The van der Waals surface area contributed by atoms with E-state index in [1.165, 1.54) is 18.4 Å². The number of fused-ring (bicyclic) bond motifs is 1. The van der Waals surface area contributed by atoms with Crippen LogP contribution in [0, 0.1) is 0 Å². The lowest BCUT2D eigenvalue weighted by molar-refractivity contribution is 0.108. The Balaban J connectivity index is 1.40. The molecule has 4 rings (SSSR count). The summed E-state index contributed by atoms with van der Waals surface area (Å²) >= 11 is 0. The molecule has 1 aliphatic carbocycles. The van der Waals surface area contributed by atoms with Crippen LogP contribution in [0.1, 0.15) is 30.1 Å². The topological polar surface area (TPSA) is 68.4 Å². The molecule has 1 fully saturated rings. The van der Waals surface area contributed by atoms with Crippen molar-refractivity contribution in [1.29, 1.82) is 0 Å². The third-order valence-corrected chi connectivity index (χ3v) is 5.18. The van der Waals surface area contributed by atoms with E-state index in [9.17, 15) is 9.90 Å². The van der Waals surface area contributed by atoms with Gasteiger partial charge in [0.05, 0.1) is 11.0 Å². The highest BCUT2D eigenvalue weighted by molar-refractivity contribution is 5.76. The maximum atomic E-state index is 12.0. The van der Waals surface area contributed by atoms with Crippen LogP contribution in [0.4, 0.5) is 0 Å². The van der Waals surface area contributed by atoms with Crippen LogP contribution >= 0.6 is 0 Å². The van der Waals surface area contributed by atoms with E-state index in [0.29, 0.717) is 6.04 Å². The summed E-state index contributed by atoms with van der Waals surface area (Å²) in [6, 6.07) is 14.2. The van der Waals surface area contributed by atoms with Crippen molar-refractivity contribution in [3.63, 3.8) is 0 Å². The van der Waals surface area contributed by atoms with E-state index in [1.807, 2.05) is 42.5 Å². The summed E-state index contributed by atoms with van der Waals surface area (Å²) < 4.78 is 8.93. The third-order valence-electron chi connectivity index (χ3n) is 5.18. The molecular formula is C21H25N3O3. The molecule has 142 valence electrons. The number of nitrogens with zero attached hydrogens (tertiary/aromatic N) is 2. The summed E-state index contributed by atoms with van der Waals surface area (Å²) in [7, 11) is 3.48. The molecule has 27 heavy (non-hydrogen) atoms. The van der Waals surface area contributed by atoms with Crippen LogP contribution in [0.2, 0.25) is 0 Å². The van der Waals surface area contributed by atoms with E-state index in [0.717, 1.165) is 28.9 Å². The van der Waals surface area contributed by atoms with Crippen LogP contribution in [0.15, 0.2) is 47.3 Å². The van der Waals surface area contributed by atoms with Crippen molar-refractivity contribution in [3.8, 4) is 5.75 Å². The minimum atomic E-state index is -0.763. The van der Waals surface area contributed by atoms with Crippen LogP contribution in [0.25, 0.3) is 11.0 Å². The Morgan fingerprint density at radius 3 is 2.52 bits per heavy atom. The summed E-state index contributed by atoms with van der Waals surface area (Å²) in [4.78, 5) is 12.0. The molecule has 0 bridgehead atoms. The van der Waals surface area contributed by atoms with Crippen LogP contribution < -0.4 is 15.7 Å². The molecule has 1 heterocycles. The molecule has 0 spiro atoms. The van der Waals surface area contributed by atoms with E-state index in [-0.39, 0.29) is 12.3 Å². The fourth-order valence-electron chi connectivity index (χ4n) is 3.26. The molecule has 6 heteroatoms. The van der Waals surface area contributed by atoms with E-state index >= 15 is 0 Å². The van der Waals surface area contributed by atoms with Gasteiger partial charge in [0.25, 0.3) is 0 Å². The van der Waals surface area contributed by atoms with E-state index in [2.05, 4.69) is 5.32 Å². The minimum Gasteiger partial charge on any atom is -0.491 e. The highest BCUT2D eigenvalue weighted by Crippen LogP contribution is 2.22. The van der Waals surface area contributed by atoms with Gasteiger partial charge in [-0.3, -0.25) is 9.13 Å². The summed E-state index contributed by atoms with van der Waals surface area (Å²) in [6.07, 6.45) is 1.80. The molecule has 3 aromatic rings. The van der Waals surface area contributed by atoms with Crippen molar-refractivity contribution in [3.05, 3.63) is 64.1 Å².